The Balaban J connectivity index is 1.86. The van der Waals surface area contributed by atoms with Crippen LogP contribution in [0, 0.1) is 0 Å². The van der Waals surface area contributed by atoms with E-state index in [2.05, 4.69) is 15.0 Å². The fraction of sp³-hybridized carbons (Fsp3) is 0.278. The second-order valence-electron chi connectivity index (χ2n) is 5.90. The lowest BCUT2D eigenvalue weighted by molar-refractivity contribution is -0.140. The van der Waals surface area contributed by atoms with Crippen LogP contribution in [0.5, 0.6) is 0 Å². The van der Waals surface area contributed by atoms with Crippen LogP contribution in [0.3, 0.4) is 0 Å². The van der Waals surface area contributed by atoms with Crippen LogP contribution in [0.15, 0.2) is 36.7 Å². The largest absolute Gasteiger partial charge is 0.434 e. The van der Waals surface area contributed by atoms with Crippen molar-refractivity contribution in [2.45, 2.75) is 25.9 Å². The lowest BCUT2D eigenvalue weighted by Gasteiger charge is -2.08. The Morgan fingerprint density at radius 3 is 2.38 bits per heavy atom. The molecular weight excluding hydrogens is 365 g/mol. The van der Waals surface area contributed by atoms with Crippen molar-refractivity contribution in [1.82, 2.24) is 19.5 Å². The molecule has 0 atom stereocenters. The molecule has 26 heavy (non-hydrogen) atoms. The summed E-state index contributed by atoms with van der Waals surface area (Å²) < 4.78 is 39.8. The topological polar surface area (TPSA) is 43.6 Å². The maximum atomic E-state index is 12.8. The van der Waals surface area contributed by atoms with Crippen LogP contribution in [0.1, 0.15) is 29.4 Å². The van der Waals surface area contributed by atoms with E-state index in [-0.39, 0.29) is 11.1 Å². The highest BCUT2D eigenvalue weighted by Gasteiger charge is 2.34. The Bertz CT molecular complexity index is 917. The van der Waals surface area contributed by atoms with Crippen LogP contribution in [-0.4, -0.2) is 19.5 Å². The Kier molecular flexibility index (Phi) is 5.00. The first-order valence-corrected chi connectivity index (χ1v) is 8.36. The van der Waals surface area contributed by atoms with Crippen LogP contribution >= 0.6 is 11.6 Å². The van der Waals surface area contributed by atoms with Gasteiger partial charge in [0, 0.05) is 31.4 Å². The number of rotatable bonds is 4. The predicted molar refractivity (Wildman–Crippen MR) is 92.9 cm³/mol. The minimum atomic E-state index is -4.46. The summed E-state index contributed by atoms with van der Waals surface area (Å²) in [5.74, 6) is 0.267. The predicted octanol–water partition coefficient (Wildman–Crippen LogP) is 4.70. The van der Waals surface area contributed by atoms with Crippen molar-refractivity contribution >= 4 is 11.6 Å². The first-order chi connectivity index (χ1) is 12.3. The smallest absolute Gasteiger partial charge is 0.333 e. The van der Waals surface area contributed by atoms with E-state index in [0.717, 1.165) is 29.4 Å². The quantitative estimate of drug-likeness (QED) is 0.616. The van der Waals surface area contributed by atoms with Gasteiger partial charge in [0.2, 0.25) is 5.28 Å². The summed E-state index contributed by atoms with van der Waals surface area (Å²) in [5.41, 5.74) is 2.54. The number of halogens is 4. The van der Waals surface area contributed by atoms with Gasteiger partial charge in [-0.1, -0.05) is 31.2 Å². The monoisotopic (exact) mass is 380 g/mol. The zero-order valence-electron chi connectivity index (χ0n) is 14.2. The number of aromatic nitrogens is 4. The van der Waals surface area contributed by atoms with E-state index in [1.807, 2.05) is 19.1 Å². The Morgan fingerprint density at radius 2 is 1.81 bits per heavy atom. The average molecular weight is 381 g/mol. The van der Waals surface area contributed by atoms with E-state index < -0.39 is 11.9 Å². The SMILES string of the molecule is CCc1cnc(Cl)nc1Cc1ccc(-c2nc(C(F)(F)F)cn2C)cc1. The van der Waals surface area contributed by atoms with Crippen molar-refractivity contribution in [3.63, 3.8) is 0 Å². The first kappa shape index (κ1) is 18.4. The molecule has 1 aromatic carbocycles. The molecule has 0 spiro atoms. The molecule has 8 heteroatoms. The number of hydrogen-bond donors (Lipinski definition) is 0. The summed E-state index contributed by atoms with van der Waals surface area (Å²) in [7, 11) is 1.54. The Labute approximate surface area is 153 Å². The molecule has 0 aliphatic carbocycles. The van der Waals surface area contributed by atoms with E-state index in [4.69, 9.17) is 11.6 Å². The molecule has 0 saturated carbocycles. The van der Waals surface area contributed by atoms with Crippen LogP contribution in [-0.2, 0) is 26.1 Å². The molecule has 0 amide bonds. The van der Waals surface area contributed by atoms with Gasteiger partial charge in [-0.2, -0.15) is 13.2 Å². The lowest BCUT2D eigenvalue weighted by Crippen LogP contribution is -2.04. The van der Waals surface area contributed by atoms with Gasteiger partial charge in [-0.3, -0.25) is 0 Å². The summed E-state index contributed by atoms with van der Waals surface area (Å²) in [6.07, 6.45) is -0.401. The van der Waals surface area contributed by atoms with Crippen molar-refractivity contribution in [1.29, 1.82) is 0 Å². The van der Waals surface area contributed by atoms with E-state index >= 15 is 0 Å². The molecule has 0 N–H and O–H groups in total. The summed E-state index contributed by atoms with van der Waals surface area (Å²) in [5, 5.41) is 0.196. The average Bonchev–Trinajstić information content (AvgIpc) is 2.98. The maximum absolute atomic E-state index is 12.8. The van der Waals surface area contributed by atoms with E-state index in [1.165, 1.54) is 4.57 Å². The molecule has 0 saturated heterocycles. The van der Waals surface area contributed by atoms with Gasteiger partial charge in [0.25, 0.3) is 0 Å². The standard InChI is InChI=1S/C18H16ClF3N4/c1-3-12-9-23-17(19)24-14(12)8-11-4-6-13(7-5-11)16-25-15(10-26(16)2)18(20,21)22/h4-7,9-10H,3,8H2,1-2H3. The van der Waals surface area contributed by atoms with Gasteiger partial charge in [0.15, 0.2) is 5.69 Å². The van der Waals surface area contributed by atoms with Gasteiger partial charge in [-0.05, 0) is 29.1 Å². The Hall–Kier alpha value is -2.41. The second-order valence-corrected chi connectivity index (χ2v) is 6.23. The molecule has 0 aliphatic heterocycles. The number of benzene rings is 1. The van der Waals surface area contributed by atoms with Crippen LogP contribution in [0.2, 0.25) is 5.28 Å². The molecule has 0 bridgehead atoms. The number of nitrogens with zero attached hydrogens (tertiary/aromatic N) is 4. The molecule has 0 radical (unpaired) electrons. The third kappa shape index (κ3) is 3.88. The molecule has 0 unspecified atom stereocenters. The summed E-state index contributed by atoms with van der Waals surface area (Å²) in [6, 6.07) is 7.22. The number of aryl methyl sites for hydroxylation is 2. The summed E-state index contributed by atoms with van der Waals surface area (Å²) in [6.45, 7) is 2.01. The van der Waals surface area contributed by atoms with Gasteiger partial charge in [0.05, 0.1) is 5.69 Å². The van der Waals surface area contributed by atoms with E-state index in [0.29, 0.717) is 12.0 Å². The molecule has 0 fully saturated rings. The van der Waals surface area contributed by atoms with Crippen molar-refractivity contribution in [3.05, 3.63) is 64.5 Å². The maximum Gasteiger partial charge on any atom is 0.434 e. The molecule has 4 nitrogen and oxygen atoms in total. The zero-order valence-corrected chi connectivity index (χ0v) is 14.9. The minimum absolute atomic E-state index is 0.196. The van der Waals surface area contributed by atoms with Crippen molar-refractivity contribution in [2.24, 2.45) is 7.05 Å². The zero-order chi connectivity index (χ0) is 18.9. The van der Waals surface area contributed by atoms with Gasteiger partial charge < -0.3 is 4.57 Å². The third-order valence-electron chi connectivity index (χ3n) is 4.06. The molecule has 136 valence electrons. The van der Waals surface area contributed by atoms with Crippen molar-refractivity contribution < 1.29 is 13.2 Å². The second kappa shape index (κ2) is 7.07. The molecule has 0 aliphatic rings. The number of hydrogen-bond acceptors (Lipinski definition) is 3. The molecule has 2 aromatic heterocycles. The van der Waals surface area contributed by atoms with E-state index in [1.54, 1.807) is 25.4 Å². The summed E-state index contributed by atoms with van der Waals surface area (Å²) in [4.78, 5) is 12.0. The molecule has 2 heterocycles. The highest BCUT2D eigenvalue weighted by atomic mass is 35.5. The lowest BCUT2D eigenvalue weighted by atomic mass is 10.0. The third-order valence-corrected chi connectivity index (χ3v) is 4.24. The van der Waals surface area contributed by atoms with Gasteiger partial charge in [-0.25, -0.2) is 15.0 Å². The minimum Gasteiger partial charge on any atom is -0.333 e. The number of imidazole rings is 1. The molecule has 3 rings (SSSR count). The van der Waals surface area contributed by atoms with Crippen LogP contribution < -0.4 is 0 Å². The normalized spacial score (nSPS) is 11.8. The first-order valence-electron chi connectivity index (χ1n) is 7.98. The van der Waals surface area contributed by atoms with Gasteiger partial charge in [-0.15, -0.1) is 0 Å². The van der Waals surface area contributed by atoms with Gasteiger partial charge in [0.1, 0.15) is 5.82 Å². The van der Waals surface area contributed by atoms with Gasteiger partial charge >= 0.3 is 6.18 Å². The molecular formula is C18H16ClF3N4. The van der Waals surface area contributed by atoms with Crippen LogP contribution in [0.4, 0.5) is 13.2 Å². The van der Waals surface area contributed by atoms with Crippen molar-refractivity contribution in [2.75, 3.05) is 0 Å². The fourth-order valence-corrected chi connectivity index (χ4v) is 2.85. The fourth-order valence-electron chi connectivity index (χ4n) is 2.70. The number of alkyl halides is 3. The van der Waals surface area contributed by atoms with Crippen LogP contribution in [0.25, 0.3) is 11.4 Å². The van der Waals surface area contributed by atoms with Crippen molar-refractivity contribution in [3.8, 4) is 11.4 Å². The van der Waals surface area contributed by atoms with E-state index in [9.17, 15) is 13.2 Å². The highest BCUT2D eigenvalue weighted by molar-refractivity contribution is 6.28. The highest BCUT2D eigenvalue weighted by Crippen LogP contribution is 2.30. The molecule has 3 aromatic rings. The summed E-state index contributed by atoms with van der Waals surface area (Å²) >= 11 is 5.88. The Morgan fingerprint density at radius 1 is 1.12 bits per heavy atom.